The van der Waals surface area contributed by atoms with Crippen molar-refractivity contribution in [3.05, 3.63) is 90.0 Å². The summed E-state index contributed by atoms with van der Waals surface area (Å²) in [6.45, 7) is 1.96. The number of rotatable bonds is 4. The summed E-state index contributed by atoms with van der Waals surface area (Å²) in [7, 11) is -3.33. The molecule has 0 amide bonds. The Kier molecular flexibility index (Phi) is 4.30. The van der Waals surface area contributed by atoms with E-state index in [9.17, 15) is 8.42 Å². The van der Waals surface area contributed by atoms with Gasteiger partial charge in [-0.2, -0.15) is 0 Å². The van der Waals surface area contributed by atoms with E-state index in [0.29, 0.717) is 4.90 Å². The second-order valence-corrected chi connectivity index (χ2v) is 7.63. The SMILES string of the molecule is Cc1cccc(CS(=O)(=O)c2ccc(-c3ccccc3)cc2)c1. The summed E-state index contributed by atoms with van der Waals surface area (Å²) in [4.78, 5) is 0.360. The van der Waals surface area contributed by atoms with Crippen molar-refractivity contribution in [2.75, 3.05) is 0 Å². The van der Waals surface area contributed by atoms with Crippen LogP contribution >= 0.6 is 0 Å². The zero-order valence-electron chi connectivity index (χ0n) is 12.9. The maximum absolute atomic E-state index is 12.6. The molecule has 0 aliphatic carbocycles. The molecule has 3 rings (SSSR count). The Morgan fingerprint density at radius 2 is 1.39 bits per heavy atom. The Morgan fingerprint density at radius 3 is 2.04 bits per heavy atom. The minimum atomic E-state index is -3.33. The zero-order valence-corrected chi connectivity index (χ0v) is 13.8. The number of sulfone groups is 1. The molecular weight excluding hydrogens is 304 g/mol. The van der Waals surface area contributed by atoms with Gasteiger partial charge >= 0.3 is 0 Å². The van der Waals surface area contributed by atoms with E-state index >= 15 is 0 Å². The second-order valence-electron chi connectivity index (χ2n) is 5.64. The lowest BCUT2D eigenvalue weighted by Gasteiger charge is -2.07. The van der Waals surface area contributed by atoms with E-state index in [0.717, 1.165) is 22.3 Å². The highest BCUT2D eigenvalue weighted by Crippen LogP contribution is 2.23. The van der Waals surface area contributed by atoms with Crippen LogP contribution in [0.1, 0.15) is 11.1 Å². The van der Waals surface area contributed by atoms with Gasteiger partial charge in [-0.05, 0) is 35.7 Å². The third kappa shape index (κ3) is 3.69. The molecule has 0 N–H and O–H groups in total. The lowest BCUT2D eigenvalue weighted by molar-refractivity contribution is 0.595. The normalized spacial score (nSPS) is 11.3. The van der Waals surface area contributed by atoms with Crippen molar-refractivity contribution in [2.24, 2.45) is 0 Å². The fourth-order valence-electron chi connectivity index (χ4n) is 2.59. The van der Waals surface area contributed by atoms with E-state index < -0.39 is 9.84 Å². The molecule has 0 aliphatic heterocycles. The lowest BCUT2D eigenvalue weighted by atomic mass is 10.1. The lowest BCUT2D eigenvalue weighted by Crippen LogP contribution is -2.05. The Balaban J connectivity index is 1.86. The van der Waals surface area contributed by atoms with Gasteiger partial charge in [-0.15, -0.1) is 0 Å². The van der Waals surface area contributed by atoms with Gasteiger partial charge in [-0.1, -0.05) is 72.3 Å². The van der Waals surface area contributed by atoms with Crippen LogP contribution in [-0.4, -0.2) is 8.42 Å². The topological polar surface area (TPSA) is 34.1 Å². The third-order valence-corrected chi connectivity index (χ3v) is 5.46. The van der Waals surface area contributed by atoms with Gasteiger partial charge in [0.1, 0.15) is 0 Å². The van der Waals surface area contributed by atoms with Crippen LogP contribution in [0.4, 0.5) is 0 Å². The van der Waals surface area contributed by atoms with Gasteiger partial charge in [-0.3, -0.25) is 0 Å². The standard InChI is InChI=1S/C20H18O2S/c1-16-6-5-7-17(14-16)15-23(21,22)20-12-10-19(11-13-20)18-8-3-2-4-9-18/h2-14H,15H2,1H3. The number of benzene rings is 3. The van der Waals surface area contributed by atoms with Gasteiger partial charge in [0.25, 0.3) is 0 Å². The van der Waals surface area contributed by atoms with Crippen LogP contribution in [0, 0.1) is 6.92 Å². The van der Waals surface area contributed by atoms with E-state index in [-0.39, 0.29) is 5.75 Å². The third-order valence-electron chi connectivity index (χ3n) is 3.76. The first-order valence-electron chi connectivity index (χ1n) is 7.48. The van der Waals surface area contributed by atoms with E-state index in [4.69, 9.17) is 0 Å². The number of aryl methyl sites for hydroxylation is 1. The average molecular weight is 322 g/mol. The summed E-state index contributed by atoms with van der Waals surface area (Å²) in [5.41, 5.74) is 3.98. The van der Waals surface area contributed by atoms with Crippen LogP contribution in [-0.2, 0) is 15.6 Å². The smallest absolute Gasteiger partial charge is 0.182 e. The minimum absolute atomic E-state index is 0.0271. The molecule has 2 nitrogen and oxygen atoms in total. The molecule has 0 heterocycles. The molecule has 0 bridgehead atoms. The molecule has 0 atom stereocenters. The van der Waals surface area contributed by atoms with E-state index in [2.05, 4.69) is 0 Å². The van der Waals surface area contributed by atoms with Crippen LogP contribution in [0.5, 0.6) is 0 Å². The van der Waals surface area contributed by atoms with E-state index in [1.807, 2.05) is 73.7 Å². The van der Waals surface area contributed by atoms with Crippen LogP contribution in [0.3, 0.4) is 0 Å². The summed E-state index contributed by atoms with van der Waals surface area (Å²) in [5, 5.41) is 0. The van der Waals surface area contributed by atoms with Gasteiger partial charge < -0.3 is 0 Å². The van der Waals surface area contributed by atoms with Crippen molar-refractivity contribution in [1.82, 2.24) is 0 Å². The Morgan fingerprint density at radius 1 is 0.739 bits per heavy atom. The van der Waals surface area contributed by atoms with Gasteiger partial charge in [0, 0.05) is 0 Å². The largest absolute Gasteiger partial charge is 0.223 e. The first kappa shape index (κ1) is 15.5. The Hall–Kier alpha value is -2.39. The van der Waals surface area contributed by atoms with Crippen molar-refractivity contribution in [2.45, 2.75) is 17.6 Å². The molecule has 0 radical (unpaired) electrons. The summed E-state index contributed by atoms with van der Waals surface area (Å²) >= 11 is 0. The summed E-state index contributed by atoms with van der Waals surface area (Å²) < 4.78 is 25.1. The molecule has 0 aromatic heterocycles. The molecule has 3 heteroatoms. The van der Waals surface area contributed by atoms with Crippen LogP contribution < -0.4 is 0 Å². The number of hydrogen-bond acceptors (Lipinski definition) is 2. The molecule has 0 aliphatic rings. The fourth-order valence-corrected chi connectivity index (χ4v) is 3.93. The van der Waals surface area contributed by atoms with Crippen molar-refractivity contribution in [3.63, 3.8) is 0 Å². The van der Waals surface area contributed by atoms with Gasteiger partial charge in [-0.25, -0.2) is 8.42 Å². The molecule has 0 saturated carbocycles. The van der Waals surface area contributed by atoms with Crippen molar-refractivity contribution >= 4 is 9.84 Å². The van der Waals surface area contributed by atoms with Crippen molar-refractivity contribution in [3.8, 4) is 11.1 Å². The molecule has 116 valence electrons. The second kappa shape index (κ2) is 6.39. The Labute approximate surface area is 137 Å². The molecule has 0 saturated heterocycles. The highest BCUT2D eigenvalue weighted by molar-refractivity contribution is 7.90. The first-order chi connectivity index (χ1) is 11.0. The Bertz CT molecular complexity index is 896. The highest BCUT2D eigenvalue weighted by Gasteiger charge is 2.15. The predicted molar refractivity (Wildman–Crippen MR) is 93.9 cm³/mol. The molecule has 3 aromatic carbocycles. The average Bonchev–Trinajstić information content (AvgIpc) is 2.55. The first-order valence-corrected chi connectivity index (χ1v) is 9.14. The molecular formula is C20H18O2S. The molecule has 0 unspecified atom stereocenters. The maximum Gasteiger partial charge on any atom is 0.182 e. The zero-order chi connectivity index (χ0) is 16.3. The van der Waals surface area contributed by atoms with Crippen molar-refractivity contribution < 1.29 is 8.42 Å². The monoisotopic (exact) mass is 322 g/mol. The van der Waals surface area contributed by atoms with Crippen LogP contribution in [0.15, 0.2) is 83.8 Å². The number of hydrogen-bond donors (Lipinski definition) is 0. The molecule has 23 heavy (non-hydrogen) atoms. The van der Waals surface area contributed by atoms with Gasteiger partial charge in [0.05, 0.1) is 10.6 Å². The van der Waals surface area contributed by atoms with Crippen LogP contribution in [0.25, 0.3) is 11.1 Å². The van der Waals surface area contributed by atoms with E-state index in [1.54, 1.807) is 12.1 Å². The van der Waals surface area contributed by atoms with Gasteiger partial charge in [0.15, 0.2) is 9.84 Å². The quantitative estimate of drug-likeness (QED) is 0.701. The van der Waals surface area contributed by atoms with Crippen LogP contribution in [0.2, 0.25) is 0 Å². The highest BCUT2D eigenvalue weighted by atomic mass is 32.2. The molecule has 0 fully saturated rings. The molecule has 0 spiro atoms. The fraction of sp³-hybridized carbons (Fsp3) is 0.100. The van der Waals surface area contributed by atoms with Crippen molar-refractivity contribution in [1.29, 1.82) is 0 Å². The summed E-state index contributed by atoms with van der Waals surface area (Å²) in [6, 6.07) is 24.6. The molecule has 3 aromatic rings. The predicted octanol–water partition coefficient (Wildman–Crippen LogP) is 4.64. The summed E-state index contributed by atoms with van der Waals surface area (Å²) in [6.07, 6.45) is 0. The van der Waals surface area contributed by atoms with E-state index in [1.165, 1.54) is 0 Å². The minimum Gasteiger partial charge on any atom is -0.223 e. The maximum atomic E-state index is 12.6. The summed E-state index contributed by atoms with van der Waals surface area (Å²) in [5.74, 6) is 0.0271. The van der Waals surface area contributed by atoms with Gasteiger partial charge in [0.2, 0.25) is 0 Å².